The van der Waals surface area contributed by atoms with Crippen molar-refractivity contribution in [2.45, 2.75) is 16.7 Å². The minimum Gasteiger partial charge on any atom is -0.507 e. The Balaban J connectivity index is 0.00000240. The van der Waals surface area contributed by atoms with E-state index in [1.807, 2.05) is 0 Å². The van der Waals surface area contributed by atoms with E-state index in [0.717, 1.165) is 18.2 Å². The number of aromatic hydroxyl groups is 2. The zero-order chi connectivity index (χ0) is 21.6. The Labute approximate surface area is 222 Å². The summed E-state index contributed by atoms with van der Waals surface area (Å²) in [6, 6.07) is 8.23. The molecule has 0 aliphatic carbocycles. The molecule has 0 atom stereocenters. The standard InChI is InChI=1S/C17H14N2O8S2.2Na/c1-9-7-10(28(22,23)24)5-6-12(9)18-19-13-8-15(29(25,26)27)11-3-2-4-14(20)16(11)17(13)21;;/h2-8,20-21H,1H3,(H,22,23,24)(H,25,26,27);;. The molecule has 0 aliphatic rings. The van der Waals surface area contributed by atoms with E-state index in [-0.39, 0.29) is 86.2 Å². The Kier molecular flexibility index (Phi) is 9.25. The summed E-state index contributed by atoms with van der Waals surface area (Å²) >= 11 is 0. The van der Waals surface area contributed by atoms with Gasteiger partial charge in [0.05, 0.1) is 16.0 Å². The van der Waals surface area contributed by atoms with Crippen LogP contribution < -0.4 is 0 Å². The van der Waals surface area contributed by atoms with Gasteiger partial charge < -0.3 is 10.2 Å². The molecule has 3 aromatic rings. The third-order valence-electron chi connectivity index (χ3n) is 4.06. The number of aryl methyl sites for hydroxylation is 1. The van der Waals surface area contributed by atoms with Crippen LogP contribution in [0.3, 0.4) is 0 Å². The average Bonchev–Trinajstić information content (AvgIpc) is 2.60. The summed E-state index contributed by atoms with van der Waals surface area (Å²) in [5.74, 6) is -1.00. The fraction of sp³-hybridized carbons (Fsp3) is 0.0588. The van der Waals surface area contributed by atoms with Crippen LogP contribution in [0.25, 0.3) is 10.8 Å². The summed E-state index contributed by atoms with van der Waals surface area (Å²) < 4.78 is 64.3. The van der Waals surface area contributed by atoms with Crippen LogP contribution in [-0.4, -0.2) is 95.3 Å². The van der Waals surface area contributed by atoms with Crippen molar-refractivity contribution in [3.8, 4) is 11.5 Å². The number of phenolic OH excluding ortho intramolecular Hbond substituents is 2. The van der Waals surface area contributed by atoms with Crippen LogP contribution in [0.1, 0.15) is 5.56 Å². The summed E-state index contributed by atoms with van der Waals surface area (Å²) in [6.07, 6.45) is 0. The van der Waals surface area contributed by atoms with Crippen molar-refractivity contribution in [3.63, 3.8) is 0 Å². The van der Waals surface area contributed by atoms with E-state index in [4.69, 9.17) is 4.55 Å². The molecular weight excluding hydrogens is 470 g/mol. The number of azo groups is 1. The quantitative estimate of drug-likeness (QED) is 0.248. The minimum atomic E-state index is -4.72. The molecule has 0 saturated carbocycles. The molecule has 4 N–H and O–H groups in total. The number of fused-ring (bicyclic) bond motifs is 1. The van der Waals surface area contributed by atoms with Crippen molar-refractivity contribution >= 4 is 101 Å². The molecule has 0 saturated heterocycles. The first-order valence-electron chi connectivity index (χ1n) is 7.84. The third kappa shape index (κ3) is 6.05. The number of hydrogen-bond donors (Lipinski definition) is 4. The first kappa shape index (κ1) is 28.0. The fourth-order valence-corrected chi connectivity index (χ4v) is 3.96. The van der Waals surface area contributed by atoms with E-state index in [2.05, 4.69) is 10.2 Å². The molecule has 3 rings (SSSR count). The number of nitrogens with zero attached hydrogens (tertiary/aromatic N) is 2. The van der Waals surface area contributed by atoms with E-state index < -0.39 is 36.6 Å². The minimum absolute atomic E-state index is 0. The van der Waals surface area contributed by atoms with Crippen LogP contribution in [-0.2, 0) is 20.2 Å². The predicted molar refractivity (Wildman–Crippen MR) is 114 cm³/mol. The van der Waals surface area contributed by atoms with Gasteiger partial charge in [0.15, 0.2) is 5.75 Å². The molecule has 0 fully saturated rings. The van der Waals surface area contributed by atoms with Crippen molar-refractivity contribution in [1.82, 2.24) is 0 Å². The van der Waals surface area contributed by atoms with Crippen molar-refractivity contribution < 1.29 is 36.2 Å². The first-order chi connectivity index (χ1) is 13.4. The van der Waals surface area contributed by atoms with Crippen molar-refractivity contribution in [3.05, 3.63) is 48.0 Å². The van der Waals surface area contributed by atoms with E-state index >= 15 is 0 Å². The van der Waals surface area contributed by atoms with Crippen LogP contribution in [0.4, 0.5) is 11.4 Å². The molecule has 14 heteroatoms. The van der Waals surface area contributed by atoms with Crippen molar-refractivity contribution in [2.24, 2.45) is 10.2 Å². The second kappa shape index (κ2) is 10.3. The largest absolute Gasteiger partial charge is 0.507 e. The summed E-state index contributed by atoms with van der Waals surface area (Å²) in [5, 5.41) is 27.7. The summed E-state index contributed by atoms with van der Waals surface area (Å²) in [6.45, 7) is 1.50. The second-order valence-electron chi connectivity index (χ2n) is 6.04. The van der Waals surface area contributed by atoms with Crippen molar-refractivity contribution in [2.75, 3.05) is 0 Å². The zero-order valence-electron chi connectivity index (χ0n) is 16.7. The van der Waals surface area contributed by atoms with Gasteiger partial charge in [0.2, 0.25) is 0 Å². The Morgan fingerprint density at radius 3 is 1.97 bits per heavy atom. The molecule has 0 spiro atoms. The maximum absolute atomic E-state index is 11.7. The average molecular weight is 484 g/mol. The number of rotatable bonds is 4. The summed E-state index contributed by atoms with van der Waals surface area (Å²) in [5.41, 5.74) is 0.134. The maximum Gasteiger partial charge on any atom is 0.295 e. The molecule has 10 nitrogen and oxygen atoms in total. The van der Waals surface area contributed by atoms with Crippen LogP contribution in [0, 0.1) is 6.92 Å². The van der Waals surface area contributed by atoms with E-state index in [1.54, 1.807) is 0 Å². The molecule has 0 amide bonds. The summed E-state index contributed by atoms with van der Waals surface area (Å²) in [4.78, 5) is -0.935. The van der Waals surface area contributed by atoms with E-state index in [1.165, 1.54) is 31.2 Å². The van der Waals surface area contributed by atoms with Gasteiger partial charge in [-0.3, -0.25) is 9.11 Å². The Bertz CT molecular complexity index is 1390. The maximum atomic E-state index is 11.7. The van der Waals surface area contributed by atoms with E-state index in [0.29, 0.717) is 5.56 Å². The molecule has 154 valence electrons. The topological polar surface area (TPSA) is 174 Å². The molecule has 3 aromatic carbocycles. The van der Waals surface area contributed by atoms with Gasteiger partial charge in [-0.2, -0.15) is 21.9 Å². The van der Waals surface area contributed by atoms with Gasteiger partial charge in [-0.15, -0.1) is 5.11 Å². The molecule has 31 heavy (non-hydrogen) atoms. The van der Waals surface area contributed by atoms with Crippen LogP contribution in [0.2, 0.25) is 0 Å². The van der Waals surface area contributed by atoms with Crippen molar-refractivity contribution in [1.29, 1.82) is 0 Å². The normalized spacial score (nSPS) is 11.8. The molecule has 0 aliphatic heterocycles. The van der Waals surface area contributed by atoms with Gasteiger partial charge in [-0.25, -0.2) is 0 Å². The SMILES string of the molecule is Cc1cc(S(=O)(=O)O)ccc1N=Nc1cc(S(=O)(=O)O)c2cccc(O)c2c1O.[Na].[Na]. The van der Waals surface area contributed by atoms with E-state index in [9.17, 15) is 31.6 Å². The van der Waals surface area contributed by atoms with Crippen LogP contribution in [0.15, 0.2) is 62.5 Å². The predicted octanol–water partition coefficient (Wildman–Crippen LogP) is 2.71. The molecule has 2 radical (unpaired) electrons. The first-order valence-corrected chi connectivity index (χ1v) is 10.7. The second-order valence-corrected chi connectivity index (χ2v) is 8.85. The molecule has 0 bridgehead atoms. The third-order valence-corrected chi connectivity index (χ3v) is 5.81. The van der Waals surface area contributed by atoms with Crippen LogP contribution >= 0.6 is 0 Å². The van der Waals surface area contributed by atoms with Gasteiger partial charge in [-0.1, -0.05) is 12.1 Å². The molecule has 0 heterocycles. The van der Waals surface area contributed by atoms with Gasteiger partial charge in [0, 0.05) is 64.5 Å². The number of phenols is 2. The number of benzene rings is 3. The Hall–Kier alpha value is -1.06. The molecule has 0 unspecified atom stereocenters. The summed E-state index contributed by atoms with van der Waals surface area (Å²) in [7, 11) is -9.12. The molecule has 0 aromatic heterocycles. The monoisotopic (exact) mass is 484 g/mol. The van der Waals surface area contributed by atoms with Crippen LogP contribution in [0.5, 0.6) is 11.5 Å². The fourth-order valence-electron chi connectivity index (χ4n) is 2.69. The van der Waals surface area contributed by atoms with Gasteiger partial charge in [0.25, 0.3) is 20.2 Å². The Morgan fingerprint density at radius 2 is 1.42 bits per heavy atom. The Morgan fingerprint density at radius 1 is 0.806 bits per heavy atom. The van der Waals surface area contributed by atoms with Gasteiger partial charge in [0.1, 0.15) is 16.3 Å². The van der Waals surface area contributed by atoms with Gasteiger partial charge in [-0.05, 0) is 42.8 Å². The van der Waals surface area contributed by atoms with Gasteiger partial charge >= 0.3 is 0 Å². The molecular formula is C17H14N2Na2O8S2. The zero-order valence-corrected chi connectivity index (χ0v) is 22.3. The number of hydrogen-bond acceptors (Lipinski definition) is 8. The smallest absolute Gasteiger partial charge is 0.295 e.